The number of hydrogen-bond acceptors (Lipinski definition) is 5. The highest BCUT2D eigenvalue weighted by atomic mass is 16.1. The number of nitrogens with two attached hydrogens (primary N) is 1. The molecule has 120 valence electrons. The number of aromatic nitrogens is 4. The molecule has 23 heavy (non-hydrogen) atoms. The Morgan fingerprint density at radius 3 is 2.78 bits per heavy atom. The number of rotatable bonds is 3. The van der Waals surface area contributed by atoms with E-state index < -0.39 is 5.91 Å². The van der Waals surface area contributed by atoms with Gasteiger partial charge in [-0.05, 0) is 25.7 Å². The monoisotopic (exact) mass is 312 g/mol. The first-order valence-corrected chi connectivity index (χ1v) is 8.14. The van der Waals surface area contributed by atoms with Crippen molar-refractivity contribution in [2.45, 2.75) is 38.1 Å². The number of anilines is 1. The number of fused-ring (bicyclic) bond motifs is 1. The van der Waals surface area contributed by atoms with Gasteiger partial charge in [-0.2, -0.15) is 5.10 Å². The molecule has 0 bridgehead atoms. The SMILES string of the molecule is NC(=O)c1cnn(C2CN(c3ncnc4c3CCCCC4)C2)c1. The molecule has 2 aromatic heterocycles. The Bertz CT molecular complexity index is 734. The predicted molar refractivity (Wildman–Crippen MR) is 85.3 cm³/mol. The first kappa shape index (κ1) is 14.2. The number of hydrogen-bond donors (Lipinski definition) is 1. The number of amides is 1. The van der Waals surface area contributed by atoms with Crippen LogP contribution in [0, 0.1) is 0 Å². The zero-order valence-electron chi connectivity index (χ0n) is 13.0. The normalized spacial score (nSPS) is 18.2. The summed E-state index contributed by atoms with van der Waals surface area (Å²) in [6.07, 6.45) is 10.8. The van der Waals surface area contributed by atoms with E-state index in [1.54, 1.807) is 12.5 Å². The van der Waals surface area contributed by atoms with Crippen molar-refractivity contribution >= 4 is 11.7 Å². The average molecular weight is 312 g/mol. The van der Waals surface area contributed by atoms with Crippen LogP contribution in [0.15, 0.2) is 18.7 Å². The molecule has 7 heteroatoms. The molecular weight excluding hydrogens is 292 g/mol. The summed E-state index contributed by atoms with van der Waals surface area (Å²) in [5.41, 5.74) is 8.27. The number of primary amides is 1. The first-order chi connectivity index (χ1) is 11.2. The molecule has 4 rings (SSSR count). The molecule has 1 saturated heterocycles. The minimum Gasteiger partial charge on any atom is -0.366 e. The minimum absolute atomic E-state index is 0.263. The Morgan fingerprint density at radius 2 is 2.00 bits per heavy atom. The van der Waals surface area contributed by atoms with Crippen molar-refractivity contribution in [3.05, 3.63) is 35.5 Å². The van der Waals surface area contributed by atoms with Crippen LogP contribution in [0.2, 0.25) is 0 Å². The predicted octanol–water partition coefficient (Wildman–Crippen LogP) is 1.10. The Hall–Kier alpha value is -2.44. The molecule has 0 unspecified atom stereocenters. The fraction of sp³-hybridized carbons (Fsp3) is 0.500. The lowest BCUT2D eigenvalue weighted by molar-refractivity contribution is 0.1000. The lowest BCUT2D eigenvalue weighted by atomic mass is 10.0. The van der Waals surface area contributed by atoms with Crippen LogP contribution in [0.1, 0.15) is 46.9 Å². The van der Waals surface area contributed by atoms with Gasteiger partial charge in [-0.25, -0.2) is 9.97 Å². The largest absolute Gasteiger partial charge is 0.366 e. The third kappa shape index (κ3) is 2.56. The van der Waals surface area contributed by atoms with Crippen molar-refractivity contribution in [3.8, 4) is 0 Å². The summed E-state index contributed by atoms with van der Waals surface area (Å²) in [5.74, 6) is 0.643. The second-order valence-electron chi connectivity index (χ2n) is 6.32. The summed E-state index contributed by atoms with van der Waals surface area (Å²) in [4.78, 5) is 22.4. The van der Waals surface area contributed by atoms with Crippen molar-refractivity contribution in [1.82, 2.24) is 19.7 Å². The van der Waals surface area contributed by atoms with Gasteiger partial charge in [0.25, 0.3) is 5.91 Å². The van der Waals surface area contributed by atoms with E-state index >= 15 is 0 Å². The second-order valence-corrected chi connectivity index (χ2v) is 6.32. The van der Waals surface area contributed by atoms with Gasteiger partial charge in [0, 0.05) is 30.5 Å². The maximum atomic E-state index is 11.2. The van der Waals surface area contributed by atoms with Gasteiger partial charge in [0.15, 0.2) is 0 Å². The number of carbonyl (C=O) groups excluding carboxylic acids is 1. The molecule has 7 nitrogen and oxygen atoms in total. The van der Waals surface area contributed by atoms with E-state index in [-0.39, 0.29) is 6.04 Å². The van der Waals surface area contributed by atoms with Gasteiger partial charge < -0.3 is 10.6 Å². The summed E-state index contributed by atoms with van der Waals surface area (Å²) >= 11 is 0. The molecule has 2 aliphatic rings. The van der Waals surface area contributed by atoms with Crippen LogP contribution in [-0.4, -0.2) is 38.7 Å². The molecule has 3 heterocycles. The quantitative estimate of drug-likeness (QED) is 0.857. The smallest absolute Gasteiger partial charge is 0.251 e. The molecule has 2 aromatic rings. The van der Waals surface area contributed by atoms with Crippen molar-refractivity contribution in [3.63, 3.8) is 0 Å². The van der Waals surface area contributed by atoms with Crippen molar-refractivity contribution in [2.75, 3.05) is 18.0 Å². The Kier molecular flexibility index (Phi) is 3.48. The molecule has 1 aliphatic carbocycles. The average Bonchev–Trinajstić information content (AvgIpc) is 2.84. The molecule has 1 aliphatic heterocycles. The van der Waals surface area contributed by atoms with Crippen LogP contribution in [-0.2, 0) is 12.8 Å². The second kappa shape index (κ2) is 5.64. The maximum absolute atomic E-state index is 11.2. The lowest BCUT2D eigenvalue weighted by Gasteiger charge is -2.41. The van der Waals surface area contributed by atoms with Crippen LogP contribution in [0.4, 0.5) is 5.82 Å². The standard InChI is InChI=1S/C16H20N6O/c17-15(23)11-6-20-22(7-11)12-8-21(9-12)16-13-4-2-1-3-5-14(13)18-10-19-16/h6-7,10,12H,1-5,8-9H2,(H2,17,23). The third-order valence-corrected chi connectivity index (χ3v) is 4.77. The molecule has 0 saturated carbocycles. The van der Waals surface area contributed by atoms with Gasteiger partial charge in [0.05, 0.1) is 17.8 Å². The van der Waals surface area contributed by atoms with E-state index in [4.69, 9.17) is 5.73 Å². The van der Waals surface area contributed by atoms with E-state index in [1.165, 1.54) is 36.7 Å². The van der Waals surface area contributed by atoms with Crippen LogP contribution in [0.25, 0.3) is 0 Å². The van der Waals surface area contributed by atoms with Gasteiger partial charge >= 0.3 is 0 Å². The van der Waals surface area contributed by atoms with Gasteiger partial charge in [-0.1, -0.05) is 6.42 Å². The maximum Gasteiger partial charge on any atom is 0.251 e. The fourth-order valence-electron chi connectivity index (χ4n) is 3.41. The van der Waals surface area contributed by atoms with Crippen LogP contribution in [0.5, 0.6) is 0 Å². The molecule has 1 fully saturated rings. The summed E-state index contributed by atoms with van der Waals surface area (Å²) < 4.78 is 1.83. The molecular formula is C16H20N6O. The van der Waals surface area contributed by atoms with Gasteiger partial charge in [0.1, 0.15) is 12.1 Å². The van der Waals surface area contributed by atoms with Crippen LogP contribution in [0.3, 0.4) is 0 Å². The molecule has 0 aromatic carbocycles. The Labute approximate surface area is 134 Å². The van der Waals surface area contributed by atoms with Crippen molar-refractivity contribution in [1.29, 1.82) is 0 Å². The summed E-state index contributed by atoms with van der Waals surface area (Å²) in [5, 5.41) is 4.25. The zero-order valence-corrected chi connectivity index (χ0v) is 13.0. The first-order valence-electron chi connectivity index (χ1n) is 8.14. The summed E-state index contributed by atoms with van der Waals surface area (Å²) in [6.45, 7) is 1.70. The summed E-state index contributed by atoms with van der Waals surface area (Å²) in [6, 6.07) is 0.263. The van der Waals surface area contributed by atoms with Crippen LogP contribution >= 0.6 is 0 Å². The highest BCUT2D eigenvalue weighted by Gasteiger charge is 2.32. The fourth-order valence-corrected chi connectivity index (χ4v) is 3.41. The molecule has 0 radical (unpaired) electrons. The highest BCUT2D eigenvalue weighted by molar-refractivity contribution is 5.92. The Morgan fingerprint density at radius 1 is 1.17 bits per heavy atom. The molecule has 1 amide bonds. The highest BCUT2D eigenvalue weighted by Crippen LogP contribution is 2.32. The van der Waals surface area contributed by atoms with Crippen molar-refractivity contribution in [2.24, 2.45) is 5.73 Å². The molecule has 2 N–H and O–H groups in total. The van der Waals surface area contributed by atoms with E-state index in [0.29, 0.717) is 5.56 Å². The van der Waals surface area contributed by atoms with Crippen LogP contribution < -0.4 is 10.6 Å². The van der Waals surface area contributed by atoms with Gasteiger partial charge in [0.2, 0.25) is 0 Å². The third-order valence-electron chi connectivity index (χ3n) is 4.77. The lowest BCUT2D eigenvalue weighted by Crippen LogP contribution is -2.49. The molecule has 0 spiro atoms. The minimum atomic E-state index is -0.437. The molecule has 0 atom stereocenters. The van der Waals surface area contributed by atoms with E-state index in [1.807, 2.05) is 4.68 Å². The summed E-state index contributed by atoms with van der Waals surface area (Å²) in [7, 11) is 0. The van der Waals surface area contributed by atoms with E-state index in [0.717, 1.165) is 31.7 Å². The number of aryl methyl sites for hydroxylation is 1. The van der Waals surface area contributed by atoms with Crippen molar-refractivity contribution < 1.29 is 4.79 Å². The topological polar surface area (TPSA) is 89.9 Å². The Balaban J connectivity index is 1.50. The zero-order chi connectivity index (χ0) is 15.8. The van der Waals surface area contributed by atoms with Gasteiger partial charge in [-0.15, -0.1) is 0 Å². The van der Waals surface area contributed by atoms with E-state index in [2.05, 4.69) is 20.0 Å². The number of nitrogens with zero attached hydrogens (tertiary/aromatic N) is 5. The van der Waals surface area contributed by atoms with E-state index in [9.17, 15) is 4.79 Å². The van der Waals surface area contributed by atoms with Gasteiger partial charge in [-0.3, -0.25) is 9.48 Å². The number of carbonyl (C=O) groups is 1.